The summed E-state index contributed by atoms with van der Waals surface area (Å²) < 4.78 is 15.5. The first-order valence-electron chi connectivity index (χ1n) is 4.91. The number of amides is 1. The number of hydrogen-bond donors (Lipinski definition) is 1. The number of benzene rings is 1. The van der Waals surface area contributed by atoms with E-state index in [0.717, 1.165) is 4.47 Å². The minimum Gasteiger partial charge on any atom is -0.496 e. The molecule has 0 saturated heterocycles. The van der Waals surface area contributed by atoms with E-state index in [2.05, 4.69) is 31.2 Å². The van der Waals surface area contributed by atoms with Gasteiger partial charge in [0, 0.05) is 11.6 Å². The second-order valence-electron chi connectivity index (χ2n) is 3.09. The van der Waals surface area contributed by atoms with Crippen molar-refractivity contribution >= 4 is 28.2 Å². The van der Waals surface area contributed by atoms with E-state index in [1.165, 1.54) is 20.4 Å². The summed E-state index contributed by atoms with van der Waals surface area (Å²) in [7, 11) is 4.36. The van der Waals surface area contributed by atoms with Crippen molar-refractivity contribution in [3.05, 3.63) is 22.2 Å². The van der Waals surface area contributed by atoms with E-state index < -0.39 is 6.09 Å². The van der Waals surface area contributed by atoms with Crippen LogP contribution in [0, 0.1) is 0 Å². The minimum atomic E-state index is -0.641. The van der Waals surface area contributed by atoms with Crippen LogP contribution in [0.3, 0.4) is 0 Å². The minimum absolute atomic E-state index is 0.575. The SMILES string of the molecule is COC(=O)N/N=C/c1cc(Br)c(OC)cc1OC. The Hall–Kier alpha value is -1.76. The average Bonchev–Trinajstić information content (AvgIpc) is 2.38. The van der Waals surface area contributed by atoms with E-state index in [4.69, 9.17) is 9.47 Å². The number of hydrazone groups is 1. The van der Waals surface area contributed by atoms with Gasteiger partial charge in [0.1, 0.15) is 11.5 Å². The molecule has 0 aromatic heterocycles. The molecular weight excluding hydrogens is 304 g/mol. The molecule has 0 bridgehead atoms. The lowest BCUT2D eigenvalue weighted by atomic mass is 10.2. The van der Waals surface area contributed by atoms with Crippen molar-refractivity contribution in [1.29, 1.82) is 0 Å². The molecule has 1 amide bonds. The van der Waals surface area contributed by atoms with Crippen LogP contribution in [0.25, 0.3) is 0 Å². The van der Waals surface area contributed by atoms with E-state index in [0.29, 0.717) is 17.1 Å². The van der Waals surface area contributed by atoms with Crippen LogP contribution in [-0.4, -0.2) is 33.6 Å². The smallest absolute Gasteiger partial charge is 0.427 e. The monoisotopic (exact) mass is 316 g/mol. The van der Waals surface area contributed by atoms with Crippen molar-refractivity contribution in [3.8, 4) is 11.5 Å². The number of nitrogens with one attached hydrogen (secondary N) is 1. The number of ether oxygens (including phenoxy) is 3. The Kier molecular flexibility index (Phi) is 5.44. The maximum absolute atomic E-state index is 10.8. The number of methoxy groups -OCH3 is 3. The van der Waals surface area contributed by atoms with E-state index >= 15 is 0 Å². The summed E-state index contributed by atoms with van der Waals surface area (Å²) in [6.45, 7) is 0. The lowest BCUT2D eigenvalue weighted by Gasteiger charge is -2.09. The highest BCUT2D eigenvalue weighted by Crippen LogP contribution is 2.31. The third-order valence-corrected chi connectivity index (χ3v) is 2.67. The molecular formula is C11H13BrN2O4. The first-order chi connectivity index (χ1) is 8.62. The van der Waals surface area contributed by atoms with Crippen LogP contribution in [0.4, 0.5) is 4.79 Å². The quantitative estimate of drug-likeness (QED) is 0.682. The summed E-state index contributed by atoms with van der Waals surface area (Å²) >= 11 is 3.35. The Bertz CT molecular complexity index is 463. The second-order valence-corrected chi connectivity index (χ2v) is 3.94. The molecule has 0 aliphatic heterocycles. The molecule has 7 heteroatoms. The molecule has 0 saturated carbocycles. The van der Waals surface area contributed by atoms with Crippen LogP contribution in [0.1, 0.15) is 5.56 Å². The van der Waals surface area contributed by atoms with Gasteiger partial charge in [0.2, 0.25) is 0 Å². The van der Waals surface area contributed by atoms with Gasteiger partial charge in [0.25, 0.3) is 0 Å². The van der Waals surface area contributed by atoms with Crippen LogP contribution in [0.5, 0.6) is 11.5 Å². The van der Waals surface area contributed by atoms with Gasteiger partial charge in [-0.1, -0.05) is 0 Å². The topological polar surface area (TPSA) is 69.2 Å². The predicted octanol–water partition coefficient (Wildman–Crippen LogP) is 2.16. The van der Waals surface area contributed by atoms with Crippen molar-refractivity contribution in [3.63, 3.8) is 0 Å². The van der Waals surface area contributed by atoms with E-state index in [1.807, 2.05) is 0 Å². The molecule has 0 aliphatic carbocycles. The molecule has 1 rings (SSSR count). The summed E-state index contributed by atoms with van der Waals surface area (Å²) in [5.41, 5.74) is 2.87. The summed E-state index contributed by atoms with van der Waals surface area (Å²) in [4.78, 5) is 10.8. The molecule has 0 aliphatic rings. The van der Waals surface area contributed by atoms with Crippen molar-refractivity contribution in [2.45, 2.75) is 0 Å². The first-order valence-corrected chi connectivity index (χ1v) is 5.70. The van der Waals surface area contributed by atoms with Crippen LogP contribution in [0.2, 0.25) is 0 Å². The Morgan fingerprint density at radius 1 is 1.28 bits per heavy atom. The van der Waals surface area contributed by atoms with Crippen molar-refractivity contribution in [1.82, 2.24) is 5.43 Å². The van der Waals surface area contributed by atoms with Crippen LogP contribution >= 0.6 is 15.9 Å². The normalized spacial score (nSPS) is 10.2. The maximum Gasteiger partial charge on any atom is 0.427 e. The van der Waals surface area contributed by atoms with Crippen molar-refractivity contribution in [2.75, 3.05) is 21.3 Å². The zero-order valence-electron chi connectivity index (χ0n) is 10.2. The summed E-state index contributed by atoms with van der Waals surface area (Å²) in [6.07, 6.45) is 0.803. The standard InChI is InChI=1S/C11H13BrN2O4/c1-16-9-5-10(17-2)8(12)4-7(9)6-13-14-11(15)18-3/h4-6H,1-3H3,(H,14,15)/b13-6+. The molecule has 0 radical (unpaired) electrons. The number of rotatable bonds is 4. The van der Waals surface area contributed by atoms with Gasteiger partial charge in [-0.3, -0.25) is 0 Å². The maximum atomic E-state index is 10.8. The molecule has 0 atom stereocenters. The lowest BCUT2D eigenvalue weighted by Crippen LogP contribution is -2.16. The zero-order valence-corrected chi connectivity index (χ0v) is 11.8. The first kappa shape index (κ1) is 14.3. The highest BCUT2D eigenvalue weighted by molar-refractivity contribution is 9.10. The molecule has 0 heterocycles. The summed E-state index contributed by atoms with van der Waals surface area (Å²) in [6, 6.07) is 3.48. The fraction of sp³-hybridized carbons (Fsp3) is 0.273. The zero-order chi connectivity index (χ0) is 13.5. The van der Waals surface area contributed by atoms with Gasteiger partial charge in [0.05, 0.1) is 32.0 Å². The van der Waals surface area contributed by atoms with Gasteiger partial charge in [-0.05, 0) is 22.0 Å². The Morgan fingerprint density at radius 3 is 2.50 bits per heavy atom. The van der Waals surface area contributed by atoms with Crippen LogP contribution in [0.15, 0.2) is 21.7 Å². The van der Waals surface area contributed by atoms with Gasteiger partial charge in [-0.15, -0.1) is 0 Å². The Labute approximate surface area is 113 Å². The average molecular weight is 317 g/mol. The molecule has 18 heavy (non-hydrogen) atoms. The fourth-order valence-corrected chi connectivity index (χ4v) is 1.71. The van der Waals surface area contributed by atoms with Crippen molar-refractivity contribution < 1.29 is 19.0 Å². The molecule has 1 aromatic rings. The number of nitrogens with zero attached hydrogens (tertiary/aromatic N) is 1. The summed E-state index contributed by atoms with van der Waals surface area (Å²) in [5, 5.41) is 3.73. The highest BCUT2D eigenvalue weighted by atomic mass is 79.9. The van der Waals surface area contributed by atoms with Gasteiger partial charge in [0.15, 0.2) is 0 Å². The molecule has 6 nitrogen and oxygen atoms in total. The molecule has 98 valence electrons. The summed E-state index contributed by atoms with van der Waals surface area (Å²) in [5.74, 6) is 1.22. The Morgan fingerprint density at radius 2 is 1.94 bits per heavy atom. The van der Waals surface area contributed by atoms with Gasteiger partial charge in [-0.25, -0.2) is 10.2 Å². The number of carbonyl (C=O) groups excluding carboxylic acids is 1. The molecule has 1 N–H and O–H groups in total. The van der Waals surface area contributed by atoms with E-state index in [1.54, 1.807) is 19.2 Å². The van der Waals surface area contributed by atoms with Gasteiger partial charge in [-0.2, -0.15) is 5.10 Å². The number of halogens is 1. The predicted molar refractivity (Wildman–Crippen MR) is 70.4 cm³/mol. The number of hydrogen-bond acceptors (Lipinski definition) is 5. The third kappa shape index (κ3) is 3.63. The van der Waals surface area contributed by atoms with Gasteiger partial charge >= 0.3 is 6.09 Å². The third-order valence-electron chi connectivity index (χ3n) is 2.05. The highest BCUT2D eigenvalue weighted by Gasteiger charge is 2.08. The fourth-order valence-electron chi connectivity index (χ4n) is 1.18. The molecule has 0 spiro atoms. The molecule has 0 fully saturated rings. The Balaban J connectivity index is 2.94. The lowest BCUT2D eigenvalue weighted by molar-refractivity contribution is 0.171. The van der Waals surface area contributed by atoms with E-state index in [-0.39, 0.29) is 0 Å². The van der Waals surface area contributed by atoms with E-state index in [9.17, 15) is 4.79 Å². The van der Waals surface area contributed by atoms with Crippen LogP contribution in [-0.2, 0) is 4.74 Å². The number of carbonyl (C=O) groups is 1. The molecule has 1 aromatic carbocycles. The van der Waals surface area contributed by atoms with Gasteiger partial charge < -0.3 is 14.2 Å². The molecule has 0 unspecified atom stereocenters. The largest absolute Gasteiger partial charge is 0.496 e. The van der Waals surface area contributed by atoms with Crippen LogP contribution < -0.4 is 14.9 Å². The van der Waals surface area contributed by atoms with Crippen molar-refractivity contribution in [2.24, 2.45) is 5.10 Å². The second kappa shape index (κ2) is 6.85.